The van der Waals surface area contributed by atoms with Crippen molar-refractivity contribution < 1.29 is 9.18 Å². The van der Waals surface area contributed by atoms with Crippen LogP contribution in [-0.2, 0) is 11.2 Å². The number of benzene rings is 2. The molecule has 3 aromatic rings. The Labute approximate surface area is 156 Å². The van der Waals surface area contributed by atoms with E-state index in [-0.39, 0.29) is 5.91 Å². The van der Waals surface area contributed by atoms with Crippen molar-refractivity contribution in [1.82, 2.24) is 9.97 Å². The van der Waals surface area contributed by atoms with Crippen LogP contribution < -0.4 is 10.2 Å². The van der Waals surface area contributed by atoms with Crippen molar-refractivity contribution in [3.05, 3.63) is 84.1 Å². The summed E-state index contributed by atoms with van der Waals surface area (Å²) in [6.07, 6.45) is 2.89. The molecule has 5 nitrogen and oxygen atoms in total. The Bertz CT molecular complexity index is 948. The van der Waals surface area contributed by atoms with E-state index in [1.807, 2.05) is 30.3 Å². The predicted octanol–water partition coefficient (Wildman–Crippen LogP) is 3.42. The molecule has 0 radical (unpaired) electrons. The third-order valence-electron chi connectivity index (χ3n) is 4.58. The third-order valence-corrected chi connectivity index (χ3v) is 4.58. The van der Waals surface area contributed by atoms with E-state index in [1.54, 1.807) is 30.5 Å². The zero-order valence-corrected chi connectivity index (χ0v) is 14.7. The molecule has 1 fully saturated rings. The summed E-state index contributed by atoms with van der Waals surface area (Å²) in [5, 5.41) is 3.17. The average molecular weight is 362 g/mol. The highest BCUT2D eigenvalue weighted by atomic mass is 19.1. The molecule has 0 aliphatic carbocycles. The van der Waals surface area contributed by atoms with Crippen molar-refractivity contribution >= 4 is 17.4 Å². The van der Waals surface area contributed by atoms with Crippen LogP contribution in [0.5, 0.6) is 0 Å². The van der Waals surface area contributed by atoms with Gasteiger partial charge in [-0.25, -0.2) is 14.4 Å². The molecular formula is C21H19FN4O. The molecule has 1 aliphatic heterocycles. The van der Waals surface area contributed by atoms with Gasteiger partial charge in [-0.1, -0.05) is 42.5 Å². The first-order valence-electron chi connectivity index (χ1n) is 8.89. The first-order chi connectivity index (χ1) is 13.2. The van der Waals surface area contributed by atoms with Crippen LogP contribution in [0.15, 0.2) is 66.9 Å². The Morgan fingerprint density at radius 3 is 2.67 bits per heavy atom. The molecule has 0 bridgehead atoms. The maximum Gasteiger partial charge on any atom is 0.249 e. The summed E-state index contributed by atoms with van der Waals surface area (Å²) in [5.41, 5.74) is 1.44. The van der Waals surface area contributed by atoms with Crippen molar-refractivity contribution in [2.45, 2.75) is 18.9 Å². The second-order valence-electron chi connectivity index (χ2n) is 6.45. The largest absolute Gasteiger partial charge is 0.358 e. The lowest BCUT2D eigenvalue weighted by Gasteiger charge is -2.18. The lowest BCUT2D eigenvalue weighted by molar-refractivity contribution is -0.117. The number of nitrogens with zero attached hydrogens (tertiary/aromatic N) is 3. The Kier molecular flexibility index (Phi) is 4.78. The summed E-state index contributed by atoms with van der Waals surface area (Å²) in [7, 11) is 0. The summed E-state index contributed by atoms with van der Waals surface area (Å²) in [4.78, 5) is 23.0. The van der Waals surface area contributed by atoms with E-state index in [4.69, 9.17) is 0 Å². The lowest BCUT2D eigenvalue weighted by atomic mass is 10.1. The summed E-state index contributed by atoms with van der Waals surface area (Å²) < 4.78 is 14.0. The Balaban J connectivity index is 1.46. The molecule has 1 N–H and O–H groups in total. The van der Waals surface area contributed by atoms with Gasteiger partial charge in [0.2, 0.25) is 5.91 Å². The zero-order chi connectivity index (χ0) is 18.6. The standard InChI is InChI=1S/C21H19FN4O/c22-16-8-4-5-9-18(16)26-13-11-17(21(26)27)24-19-10-12-23-20(25-19)14-15-6-2-1-3-7-15/h1-10,12,17H,11,13-14H2,(H,23,24,25). The molecule has 1 aromatic heterocycles. The SMILES string of the molecule is O=C1C(Nc2ccnc(Cc3ccccc3)n2)CCN1c1ccccc1F. The number of carbonyl (C=O) groups excluding carboxylic acids is 1. The van der Waals surface area contributed by atoms with E-state index in [2.05, 4.69) is 15.3 Å². The second kappa shape index (κ2) is 7.53. The smallest absolute Gasteiger partial charge is 0.249 e. The number of hydrogen-bond donors (Lipinski definition) is 1. The molecule has 2 aromatic carbocycles. The van der Waals surface area contributed by atoms with Gasteiger partial charge in [-0.15, -0.1) is 0 Å². The minimum absolute atomic E-state index is 0.150. The fourth-order valence-electron chi connectivity index (χ4n) is 3.25. The van der Waals surface area contributed by atoms with E-state index in [0.29, 0.717) is 36.7 Å². The van der Waals surface area contributed by atoms with Crippen molar-refractivity contribution in [1.29, 1.82) is 0 Å². The van der Waals surface area contributed by atoms with Gasteiger partial charge in [0, 0.05) is 19.2 Å². The molecule has 1 unspecified atom stereocenters. The molecule has 1 amide bonds. The number of anilines is 2. The third kappa shape index (κ3) is 3.79. The molecule has 0 spiro atoms. The Morgan fingerprint density at radius 2 is 1.85 bits per heavy atom. The molecule has 1 atom stereocenters. The van der Waals surface area contributed by atoms with Crippen LogP contribution in [0.1, 0.15) is 17.8 Å². The van der Waals surface area contributed by atoms with Crippen molar-refractivity contribution in [3.63, 3.8) is 0 Å². The second-order valence-corrected chi connectivity index (χ2v) is 6.45. The summed E-state index contributed by atoms with van der Waals surface area (Å²) in [6.45, 7) is 0.472. The quantitative estimate of drug-likeness (QED) is 0.756. The Morgan fingerprint density at radius 1 is 1.07 bits per heavy atom. The van der Waals surface area contributed by atoms with Gasteiger partial charge < -0.3 is 10.2 Å². The number of amides is 1. The molecule has 4 rings (SSSR count). The van der Waals surface area contributed by atoms with Crippen LogP contribution in [0.2, 0.25) is 0 Å². The van der Waals surface area contributed by atoms with Crippen molar-refractivity contribution in [2.75, 3.05) is 16.8 Å². The molecule has 1 saturated heterocycles. The first-order valence-corrected chi connectivity index (χ1v) is 8.89. The van der Waals surface area contributed by atoms with Gasteiger partial charge in [0.05, 0.1) is 5.69 Å². The number of para-hydroxylation sites is 1. The van der Waals surface area contributed by atoms with Crippen LogP contribution in [0, 0.1) is 5.82 Å². The molecule has 2 heterocycles. The summed E-state index contributed by atoms with van der Waals surface area (Å²) in [5.74, 6) is 0.745. The number of aromatic nitrogens is 2. The van der Waals surface area contributed by atoms with Crippen LogP contribution in [0.25, 0.3) is 0 Å². The fraction of sp³-hybridized carbons (Fsp3) is 0.190. The van der Waals surface area contributed by atoms with E-state index in [0.717, 1.165) is 5.56 Å². The molecule has 6 heteroatoms. The highest BCUT2D eigenvalue weighted by Crippen LogP contribution is 2.25. The molecule has 27 heavy (non-hydrogen) atoms. The number of nitrogens with one attached hydrogen (secondary N) is 1. The highest BCUT2D eigenvalue weighted by molar-refractivity contribution is 6.01. The van der Waals surface area contributed by atoms with E-state index >= 15 is 0 Å². The Hall–Kier alpha value is -3.28. The monoisotopic (exact) mass is 362 g/mol. The number of halogens is 1. The van der Waals surface area contributed by atoms with Gasteiger partial charge >= 0.3 is 0 Å². The van der Waals surface area contributed by atoms with Crippen molar-refractivity contribution in [3.8, 4) is 0 Å². The maximum absolute atomic E-state index is 14.0. The highest BCUT2D eigenvalue weighted by Gasteiger charge is 2.33. The van der Waals surface area contributed by atoms with Gasteiger partial charge in [0.1, 0.15) is 23.5 Å². The minimum atomic E-state index is -0.427. The molecular weight excluding hydrogens is 343 g/mol. The van der Waals surface area contributed by atoms with Gasteiger partial charge in [0.15, 0.2) is 0 Å². The van der Waals surface area contributed by atoms with Crippen molar-refractivity contribution in [2.24, 2.45) is 0 Å². The van der Waals surface area contributed by atoms with Gasteiger partial charge in [-0.2, -0.15) is 0 Å². The van der Waals surface area contributed by atoms with Gasteiger partial charge in [0.25, 0.3) is 0 Å². The predicted molar refractivity (Wildman–Crippen MR) is 102 cm³/mol. The zero-order valence-electron chi connectivity index (χ0n) is 14.7. The van der Waals surface area contributed by atoms with E-state index in [9.17, 15) is 9.18 Å². The fourth-order valence-corrected chi connectivity index (χ4v) is 3.25. The normalized spacial score (nSPS) is 16.6. The van der Waals surface area contributed by atoms with Gasteiger partial charge in [-0.05, 0) is 30.2 Å². The summed E-state index contributed by atoms with van der Waals surface area (Å²) in [6, 6.07) is 17.6. The van der Waals surface area contributed by atoms with Crippen LogP contribution in [0.4, 0.5) is 15.9 Å². The number of rotatable bonds is 5. The first kappa shape index (κ1) is 17.1. The number of carbonyl (C=O) groups is 1. The average Bonchev–Trinajstić information content (AvgIpc) is 3.04. The van der Waals surface area contributed by atoms with Crippen LogP contribution in [0.3, 0.4) is 0 Å². The molecule has 0 saturated carbocycles. The molecule has 1 aliphatic rings. The lowest BCUT2D eigenvalue weighted by Crippen LogP contribution is -2.34. The number of hydrogen-bond acceptors (Lipinski definition) is 4. The van der Waals surface area contributed by atoms with Crippen LogP contribution in [-0.4, -0.2) is 28.5 Å². The maximum atomic E-state index is 14.0. The summed E-state index contributed by atoms with van der Waals surface area (Å²) >= 11 is 0. The molecule has 136 valence electrons. The van der Waals surface area contributed by atoms with Gasteiger partial charge in [-0.3, -0.25) is 4.79 Å². The minimum Gasteiger partial charge on any atom is -0.358 e. The van der Waals surface area contributed by atoms with Crippen LogP contribution >= 0.6 is 0 Å². The topological polar surface area (TPSA) is 58.1 Å². The van der Waals surface area contributed by atoms with E-state index in [1.165, 1.54) is 11.0 Å². The van der Waals surface area contributed by atoms with E-state index < -0.39 is 11.9 Å².